The van der Waals surface area contributed by atoms with Crippen molar-refractivity contribution in [2.45, 2.75) is 99.2 Å². The van der Waals surface area contributed by atoms with E-state index in [1.54, 1.807) is 0 Å². The van der Waals surface area contributed by atoms with Crippen molar-refractivity contribution in [1.29, 1.82) is 0 Å². The first-order valence-corrected chi connectivity index (χ1v) is 19.4. The fourth-order valence-corrected chi connectivity index (χ4v) is 8.55. The van der Waals surface area contributed by atoms with Gasteiger partial charge in [-0.25, -0.2) is 14.8 Å². The molecule has 1 aromatic heterocycles. The van der Waals surface area contributed by atoms with Gasteiger partial charge in [-0.3, -0.25) is 9.59 Å². The van der Waals surface area contributed by atoms with E-state index in [-0.39, 0.29) is 24.8 Å². The van der Waals surface area contributed by atoms with Gasteiger partial charge >= 0.3 is 5.97 Å². The van der Waals surface area contributed by atoms with Crippen molar-refractivity contribution in [3.8, 4) is 0 Å². The number of nitrogens with zero attached hydrogens (tertiary/aromatic N) is 3. The van der Waals surface area contributed by atoms with E-state index in [4.69, 9.17) is 29.3 Å². The molecule has 48 heavy (non-hydrogen) atoms. The average molecular weight is 705 g/mol. The maximum absolute atomic E-state index is 12.9. The molecular formula is C35H52N4O7S2. The van der Waals surface area contributed by atoms with Gasteiger partial charge in [-0.15, -0.1) is 0 Å². The second kappa shape index (κ2) is 20.9. The van der Waals surface area contributed by atoms with Crippen LogP contribution in [0.3, 0.4) is 0 Å². The van der Waals surface area contributed by atoms with Gasteiger partial charge in [0.2, 0.25) is 5.91 Å². The van der Waals surface area contributed by atoms with Gasteiger partial charge in [-0.2, -0.15) is 23.5 Å². The molecule has 0 saturated heterocycles. The standard InChI is InChI=1S/C35H52N4O7S2/c1-25(35(42)43)39(2)33(40)13-15-44-17-19-46-20-18-45-16-14-36-34(41)26-11-12-29-30(21-26)38-32-24-48-28-10-8-6-4-3-5-7-9-27(22-28)47-23-31(32)37-29/h11-12,21,25,27-28H,3-10,13-20,22-24H2,1-2H3,(H,36,41)(H,42,43)/t25-,27?,28?/m1/s1. The van der Waals surface area contributed by atoms with Crippen LogP contribution in [-0.4, -0.2) is 108 Å². The summed E-state index contributed by atoms with van der Waals surface area (Å²) in [5.74, 6) is 0.265. The number of nitrogens with one attached hydrogen (secondary N) is 1. The van der Waals surface area contributed by atoms with Crippen molar-refractivity contribution in [2.75, 3.05) is 53.2 Å². The van der Waals surface area contributed by atoms with E-state index in [9.17, 15) is 14.4 Å². The van der Waals surface area contributed by atoms with E-state index < -0.39 is 12.0 Å². The molecule has 2 N–H and O–H groups in total. The highest BCUT2D eigenvalue weighted by atomic mass is 32.2. The van der Waals surface area contributed by atoms with Crippen LogP contribution in [-0.2, 0) is 35.3 Å². The van der Waals surface area contributed by atoms with Crippen LogP contribution in [0.2, 0.25) is 0 Å². The maximum Gasteiger partial charge on any atom is 0.326 e. The Morgan fingerprint density at radius 1 is 0.854 bits per heavy atom. The number of hydrogen-bond acceptors (Lipinski definition) is 10. The SMILES string of the molecule is C[C@H](C(=O)O)N(C)C(=O)CCOCCOCCOCCNC(=O)c1ccc2nc3c(nc2c1)CSC1CCCCCCCCC(C1)SC3. The molecule has 266 valence electrons. The Bertz CT molecular complexity index is 1330. The van der Waals surface area contributed by atoms with E-state index in [0.29, 0.717) is 55.6 Å². The number of thioether (sulfide) groups is 2. The number of likely N-dealkylation sites (N-methyl/N-ethyl adjacent to an activating group) is 1. The molecule has 0 radical (unpaired) electrons. The number of ether oxygens (including phenoxy) is 3. The molecule has 2 heterocycles. The number of fused-ring (bicyclic) bond motifs is 4. The fraction of sp³-hybridized carbons (Fsp3) is 0.686. The monoisotopic (exact) mass is 704 g/mol. The number of benzene rings is 1. The third-order valence-corrected chi connectivity index (χ3v) is 11.6. The first-order chi connectivity index (χ1) is 23.3. The fourth-order valence-electron chi connectivity index (χ4n) is 5.77. The third kappa shape index (κ3) is 12.8. The average Bonchev–Trinajstić information content (AvgIpc) is 3.11. The molecule has 2 aliphatic rings. The lowest BCUT2D eigenvalue weighted by Gasteiger charge is -2.21. The van der Waals surface area contributed by atoms with Gasteiger partial charge in [-0.1, -0.05) is 38.5 Å². The van der Waals surface area contributed by atoms with Crippen LogP contribution in [0.15, 0.2) is 18.2 Å². The highest BCUT2D eigenvalue weighted by molar-refractivity contribution is 8.00. The van der Waals surface area contributed by atoms with Crippen LogP contribution in [0, 0.1) is 0 Å². The summed E-state index contributed by atoms with van der Waals surface area (Å²) in [4.78, 5) is 47.1. The number of rotatable bonds is 15. The van der Waals surface area contributed by atoms with Gasteiger partial charge in [0, 0.05) is 41.2 Å². The maximum atomic E-state index is 12.9. The zero-order valence-corrected chi connectivity index (χ0v) is 30.1. The number of amides is 2. The van der Waals surface area contributed by atoms with Crippen LogP contribution in [0.5, 0.6) is 0 Å². The smallest absolute Gasteiger partial charge is 0.326 e. The molecule has 0 spiro atoms. The van der Waals surface area contributed by atoms with Crippen LogP contribution >= 0.6 is 23.5 Å². The number of aromatic nitrogens is 2. The predicted octanol–water partition coefficient (Wildman–Crippen LogP) is 5.47. The van der Waals surface area contributed by atoms with Crippen molar-refractivity contribution >= 4 is 52.3 Å². The first-order valence-electron chi connectivity index (χ1n) is 17.3. The minimum Gasteiger partial charge on any atom is -0.480 e. The van der Waals surface area contributed by atoms with Crippen molar-refractivity contribution in [3.05, 3.63) is 35.2 Å². The number of carboxylic acids is 1. The predicted molar refractivity (Wildman–Crippen MR) is 191 cm³/mol. The second-order valence-electron chi connectivity index (χ2n) is 12.5. The number of aliphatic carboxylic acids is 1. The van der Waals surface area contributed by atoms with E-state index >= 15 is 0 Å². The van der Waals surface area contributed by atoms with Crippen LogP contribution in [0.25, 0.3) is 11.0 Å². The summed E-state index contributed by atoms with van der Waals surface area (Å²) in [6, 6.07) is 4.69. The number of carbonyl (C=O) groups excluding carboxylic acids is 2. The quantitative estimate of drug-likeness (QED) is 0.228. The lowest BCUT2D eigenvalue weighted by atomic mass is 10.1. The third-order valence-electron chi connectivity index (χ3n) is 8.89. The Balaban J connectivity index is 1.14. The number of carboxylic acid groups (broad SMARTS) is 1. The van der Waals surface area contributed by atoms with Gasteiger partial charge in [0.05, 0.1) is 68.5 Å². The summed E-state index contributed by atoms with van der Waals surface area (Å²) in [6.07, 6.45) is 12.1. The molecule has 2 amide bonds. The van der Waals surface area contributed by atoms with E-state index in [2.05, 4.69) is 17.1 Å². The summed E-state index contributed by atoms with van der Waals surface area (Å²) >= 11 is 4.11. The molecule has 2 aromatic rings. The van der Waals surface area contributed by atoms with Crippen LogP contribution < -0.4 is 5.32 Å². The Morgan fingerprint density at radius 2 is 1.42 bits per heavy atom. The Labute approximate surface area is 293 Å². The summed E-state index contributed by atoms with van der Waals surface area (Å²) in [5, 5.41) is 13.3. The molecule has 13 heteroatoms. The highest BCUT2D eigenvalue weighted by Crippen LogP contribution is 2.37. The summed E-state index contributed by atoms with van der Waals surface area (Å²) in [7, 11) is 1.47. The first kappa shape index (κ1) is 38.4. The topological polar surface area (TPSA) is 140 Å². The van der Waals surface area contributed by atoms with E-state index in [0.717, 1.165) is 33.9 Å². The van der Waals surface area contributed by atoms with Crippen molar-refractivity contribution < 1.29 is 33.7 Å². The molecule has 1 saturated carbocycles. The largest absolute Gasteiger partial charge is 0.480 e. The van der Waals surface area contributed by atoms with Crippen molar-refractivity contribution in [3.63, 3.8) is 0 Å². The molecule has 1 aromatic carbocycles. The Morgan fingerprint density at radius 3 is 2.04 bits per heavy atom. The Hall–Kier alpha value is -2.45. The Kier molecular flexibility index (Phi) is 16.7. The molecule has 1 aliphatic heterocycles. The summed E-state index contributed by atoms with van der Waals surface area (Å²) in [6.45, 7) is 3.80. The van der Waals surface area contributed by atoms with Gasteiger partial charge in [0.15, 0.2) is 0 Å². The normalized spacial score (nSPS) is 19.5. The minimum absolute atomic E-state index is 0.108. The molecule has 2 bridgehead atoms. The van der Waals surface area contributed by atoms with Crippen molar-refractivity contribution in [1.82, 2.24) is 20.2 Å². The molecule has 1 aliphatic carbocycles. The molecule has 3 atom stereocenters. The zero-order chi connectivity index (χ0) is 34.1. The summed E-state index contributed by atoms with van der Waals surface area (Å²) < 4.78 is 16.4. The van der Waals surface area contributed by atoms with Crippen LogP contribution in [0.1, 0.15) is 92.9 Å². The lowest BCUT2D eigenvalue weighted by Crippen LogP contribution is -2.40. The molecule has 2 unspecified atom stereocenters. The molecule has 11 nitrogen and oxygen atoms in total. The van der Waals surface area contributed by atoms with Crippen molar-refractivity contribution in [2.24, 2.45) is 0 Å². The van der Waals surface area contributed by atoms with Crippen LogP contribution in [0.4, 0.5) is 0 Å². The molecule has 4 rings (SSSR count). The number of hydrogen-bond donors (Lipinski definition) is 2. The van der Waals surface area contributed by atoms with Gasteiger partial charge in [0.25, 0.3) is 5.91 Å². The molecular weight excluding hydrogens is 653 g/mol. The van der Waals surface area contributed by atoms with Gasteiger partial charge in [0.1, 0.15) is 6.04 Å². The number of carbonyl (C=O) groups is 3. The van der Waals surface area contributed by atoms with E-state index in [1.807, 2.05) is 30.0 Å². The second-order valence-corrected chi connectivity index (χ2v) is 15.1. The zero-order valence-electron chi connectivity index (χ0n) is 28.5. The molecule has 1 fully saturated rings. The van der Waals surface area contributed by atoms with Gasteiger partial charge in [-0.05, 0) is 44.4 Å². The summed E-state index contributed by atoms with van der Waals surface area (Å²) in [5.41, 5.74) is 4.30. The van der Waals surface area contributed by atoms with E-state index in [1.165, 1.54) is 76.7 Å². The minimum atomic E-state index is -1.05. The van der Waals surface area contributed by atoms with Gasteiger partial charge < -0.3 is 29.5 Å². The highest BCUT2D eigenvalue weighted by Gasteiger charge is 2.24. The lowest BCUT2D eigenvalue weighted by molar-refractivity contribution is -0.148.